The lowest BCUT2D eigenvalue weighted by molar-refractivity contribution is 0.172. The number of carbonyl (C=O) groups excluding carboxylic acids is 1. The van der Waals surface area contributed by atoms with Gasteiger partial charge in [0.15, 0.2) is 0 Å². The van der Waals surface area contributed by atoms with Gasteiger partial charge in [0.1, 0.15) is 0 Å². The highest BCUT2D eigenvalue weighted by Gasteiger charge is 2.32. The molecule has 0 bridgehead atoms. The van der Waals surface area contributed by atoms with E-state index < -0.39 is 10.0 Å². The Kier molecular flexibility index (Phi) is 6.05. The van der Waals surface area contributed by atoms with Crippen LogP contribution < -0.4 is 5.32 Å². The lowest BCUT2D eigenvalue weighted by Crippen LogP contribution is -2.51. The van der Waals surface area contributed by atoms with Gasteiger partial charge < -0.3 is 15.3 Å². The van der Waals surface area contributed by atoms with Gasteiger partial charge in [0.2, 0.25) is 10.0 Å². The zero-order valence-corrected chi connectivity index (χ0v) is 14.0. The Morgan fingerprint density at radius 1 is 1.18 bits per heavy atom. The molecule has 2 saturated heterocycles. The number of aliphatic hydroxyl groups is 1. The molecule has 0 aromatic rings. The van der Waals surface area contributed by atoms with Crippen molar-refractivity contribution in [3.05, 3.63) is 0 Å². The van der Waals surface area contributed by atoms with E-state index in [0.29, 0.717) is 26.1 Å². The fraction of sp³-hybridized carbons (Fsp3) is 0.929. The molecule has 2 rings (SSSR count). The minimum absolute atomic E-state index is 0.0823. The Morgan fingerprint density at radius 2 is 1.91 bits per heavy atom. The average molecular weight is 333 g/mol. The first-order valence-electron chi connectivity index (χ1n) is 8.05. The summed E-state index contributed by atoms with van der Waals surface area (Å²) in [7, 11) is -3.23. The normalized spacial score (nSPS) is 27.1. The topological polar surface area (TPSA) is 90.0 Å². The van der Waals surface area contributed by atoms with Gasteiger partial charge in [0.05, 0.1) is 6.26 Å². The van der Waals surface area contributed by atoms with Crippen LogP contribution in [0.25, 0.3) is 0 Å². The Labute approximate surface area is 132 Å². The monoisotopic (exact) mass is 333 g/mol. The van der Waals surface area contributed by atoms with Crippen molar-refractivity contribution in [3.63, 3.8) is 0 Å². The highest BCUT2D eigenvalue weighted by molar-refractivity contribution is 7.88. The number of rotatable bonds is 5. The van der Waals surface area contributed by atoms with E-state index in [1.807, 2.05) is 0 Å². The quantitative estimate of drug-likeness (QED) is 0.760. The SMILES string of the molecule is CS(=O)(=O)N1CCCCC1CNC(=O)N1CCCC1CCO. The van der Waals surface area contributed by atoms with Crippen molar-refractivity contribution in [2.24, 2.45) is 0 Å². The van der Waals surface area contributed by atoms with Gasteiger partial charge in [-0.3, -0.25) is 0 Å². The lowest BCUT2D eigenvalue weighted by atomic mass is 10.1. The third-order valence-electron chi connectivity index (χ3n) is 4.59. The molecule has 7 nitrogen and oxygen atoms in total. The predicted molar refractivity (Wildman–Crippen MR) is 84.0 cm³/mol. The maximum Gasteiger partial charge on any atom is 0.317 e. The molecule has 2 amide bonds. The molecule has 2 heterocycles. The number of aliphatic hydroxyl groups excluding tert-OH is 1. The van der Waals surface area contributed by atoms with Crippen molar-refractivity contribution in [2.75, 3.05) is 32.5 Å². The van der Waals surface area contributed by atoms with Crippen LogP contribution in [0.3, 0.4) is 0 Å². The maximum absolute atomic E-state index is 12.3. The van der Waals surface area contributed by atoms with Crippen molar-refractivity contribution in [1.82, 2.24) is 14.5 Å². The molecule has 8 heteroatoms. The van der Waals surface area contributed by atoms with Gasteiger partial charge in [-0.25, -0.2) is 13.2 Å². The van der Waals surface area contributed by atoms with Gasteiger partial charge in [-0.1, -0.05) is 6.42 Å². The highest BCUT2D eigenvalue weighted by Crippen LogP contribution is 2.21. The van der Waals surface area contributed by atoms with Crippen LogP contribution in [0.15, 0.2) is 0 Å². The van der Waals surface area contributed by atoms with E-state index in [0.717, 1.165) is 32.1 Å². The second-order valence-corrected chi connectivity index (χ2v) is 8.15. The van der Waals surface area contributed by atoms with Crippen LogP contribution in [0.2, 0.25) is 0 Å². The summed E-state index contributed by atoms with van der Waals surface area (Å²) in [6.07, 6.45) is 6.36. The molecule has 0 saturated carbocycles. The molecular formula is C14H27N3O4S. The van der Waals surface area contributed by atoms with E-state index in [-0.39, 0.29) is 24.7 Å². The molecular weight excluding hydrogens is 306 g/mol. The Hall–Kier alpha value is -0.860. The fourth-order valence-corrected chi connectivity index (χ4v) is 4.66. The summed E-state index contributed by atoms with van der Waals surface area (Å²) in [5, 5.41) is 11.9. The molecule has 128 valence electrons. The summed E-state index contributed by atoms with van der Waals surface area (Å²) in [6, 6.07) is -0.191. The second kappa shape index (κ2) is 7.61. The first-order valence-corrected chi connectivity index (χ1v) is 9.90. The molecule has 0 aromatic carbocycles. The molecule has 2 fully saturated rings. The van der Waals surface area contributed by atoms with E-state index in [2.05, 4.69) is 5.32 Å². The second-order valence-electron chi connectivity index (χ2n) is 6.21. The molecule has 0 aliphatic carbocycles. The van der Waals surface area contributed by atoms with Crippen LogP contribution in [0.4, 0.5) is 4.79 Å². The molecule has 0 aromatic heterocycles. The molecule has 2 N–H and O–H groups in total. The third-order valence-corrected chi connectivity index (χ3v) is 5.92. The number of likely N-dealkylation sites (tertiary alicyclic amines) is 1. The standard InChI is InChI=1S/C14H27N3O4S/c1-22(20,21)17-9-3-2-5-13(17)11-15-14(19)16-8-4-6-12(16)7-10-18/h12-13,18H,2-11H2,1H3,(H,15,19). The Morgan fingerprint density at radius 3 is 2.59 bits per heavy atom. The number of nitrogens with zero attached hydrogens (tertiary/aromatic N) is 2. The van der Waals surface area contributed by atoms with E-state index in [1.165, 1.54) is 10.6 Å². The fourth-order valence-electron chi connectivity index (χ4n) is 3.47. The number of carbonyl (C=O) groups is 1. The molecule has 2 unspecified atom stereocenters. The van der Waals surface area contributed by atoms with Crippen molar-refractivity contribution in [3.8, 4) is 0 Å². The minimum atomic E-state index is -3.23. The predicted octanol–water partition coefficient (Wildman–Crippen LogP) is 0.357. The Bertz CT molecular complexity index is 482. The summed E-state index contributed by atoms with van der Waals surface area (Å²) in [4.78, 5) is 14.1. The smallest absolute Gasteiger partial charge is 0.317 e. The number of hydrogen-bond acceptors (Lipinski definition) is 4. The number of nitrogens with one attached hydrogen (secondary N) is 1. The van der Waals surface area contributed by atoms with Crippen LogP contribution in [-0.4, -0.2) is 73.3 Å². The number of amides is 2. The summed E-state index contributed by atoms with van der Waals surface area (Å²) in [6.45, 7) is 1.68. The van der Waals surface area contributed by atoms with Gasteiger partial charge >= 0.3 is 6.03 Å². The number of sulfonamides is 1. The van der Waals surface area contributed by atoms with E-state index >= 15 is 0 Å². The van der Waals surface area contributed by atoms with Gasteiger partial charge in [-0.2, -0.15) is 4.31 Å². The Balaban J connectivity index is 1.89. The average Bonchev–Trinajstić information content (AvgIpc) is 2.93. The maximum atomic E-state index is 12.3. The summed E-state index contributed by atoms with van der Waals surface area (Å²) >= 11 is 0. The summed E-state index contributed by atoms with van der Waals surface area (Å²) in [5.41, 5.74) is 0. The van der Waals surface area contributed by atoms with Gasteiger partial charge in [-0.15, -0.1) is 0 Å². The number of piperidine rings is 1. The van der Waals surface area contributed by atoms with Gasteiger partial charge in [0, 0.05) is 38.3 Å². The van der Waals surface area contributed by atoms with Crippen LogP contribution in [0.1, 0.15) is 38.5 Å². The largest absolute Gasteiger partial charge is 0.396 e. The zero-order chi connectivity index (χ0) is 16.2. The number of urea groups is 1. The molecule has 0 radical (unpaired) electrons. The van der Waals surface area contributed by atoms with Crippen molar-refractivity contribution >= 4 is 16.1 Å². The molecule has 22 heavy (non-hydrogen) atoms. The minimum Gasteiger partial charge on any atom is -0.396 e. The highest BCUT2D eigenvalue weighted by atomic mass is 32.2. The van der Waals surface area contributed by atoms with Crippen LogP contribution in [0, 0.1) is 0 Å². The van der Waals surface area contributed by atoms with Crippen LogP contribution in [-0.2, 0) is 10.0 Å². The van der Waals surface area contributed by atoms with Gasteiger partial charge in [0.25, 0.3) is 0 Å². The zero-order valence-electron chi connectivity index (χ0n) is 13.2. The van der Waals surface area contributed by atoms with Crippen molar-refractivity contribution in [2.45, 2.75) is 50.6 Å². The lowest BCUT2D eigenvalue weighted by Gasteiger charge is -2.34. The molecule has 2 atom stereocenters. The first-order chi connectivity index (χ1) is 10.4. The third kappa shape index (κ3) is 4.33. The van der Waals surface area contributed by atoms with E-state index in [4.69, 9.17) is 5.11 Å². The van der Waals surface area contributed by atoms with Gasteiger partial charge in [-0.05, 0) is 32.1 Å². The summed E-state index contributed by atoms with van der Waals surface area (Å²) in [5.74, 6) is 0. The molecule has 2 aliphatic heterocycles. The summed E-state index contributed by atoms with van der Waals surface area (Å²) < 4.78 is 25.1. The van der Waals surface area contributed by atoms with Crippen LogP contribution >= 0.6 is 0 Å². The van der Waals surface area contributed by atoms with E-state index in [9.17, 15) is 13.2 Å². The van der Waals surface area contributed by atoms with E-state index in [1.54, 1.807) is 4.90 Å². The van der Waals surface area contributed by atoms with Crippen molar-refractivity contribution < 1.29 is 18.3 Å². The van der Waals surface area contributed by atoms with Crippen LogP contribution in [0.5, 0.6) is 0 Å². The molecule has 2 aliphatic rings. The number of hydrogen-bond donors (Lipinski definition) is 2. The first kappa shape index (κ1) is 17.5. The molecule has 0 spiro atoms. The van der Waals surface area contributed by atoms with Crippen molar-refractivity contribution in [1.29, 1.82) is 0 Å².